The Balaban J connectivity index is 2.25. The Bertz CT molecular complexity index is 1120. The van der Waals surface area contributed by atoms with Crippen molar-refractivity contribution in [2.75, 3.05) is 13.7 Å². The van der Waals surface area contributed by atoms with Gasteiger partial charge >= 0.3 is 5.97 Å². The third-order valence-electron chi connectivity index (χ3n) is 4.66. The number of nitrogens with zero attached hydrogens (tertiary/aromatic N) is 2. The Morgan fingerprint density at radius 3 is 2.13 bits per heavy atom. The molecular weight excluding hydrogens is 394 g/mol. The lowest BCUT2D eigenvalue weighted by Gasteiger charge is -2.16. The van der Waals surface area contributed by atoms with Crippen molar-refractivity contribution in [2.45, 2.75) is 20.4 Å². The van der Waals surface area contributed by atoms with Crippen LogP contribution in [0.3, 0.4) is 0 Å². The average molecular weight is 419 g/mol. The SMILES string of the molecule is COC(=O)c1c(-c2ccccc2)c(-c2ccccc2)nn(CC(=O)NCC(C)C)c1=O. The fourth-order valence-electron chi connectivity index (χ4n) is 3.16. The standard InChI is InChI=1S/C24H25N3O4/c1-16(2)14-25-19(28)15-27-23(29)21(24(30)31-3)20(17-10-6-4-7-11-17)22(26-27)18-12-8-5-9-13-18/h4-13,16H,14-15H2,1-3H3,(H,25,28). The van der Waals surface area contributed by atoms with Crippen molar-refractivity contribution in [3.05, 3.63) is 76.6 Å². The van der Waals surface area contributed by atoms with Gasteiger partial charge in [-0.3, -0.25) is 9.59 Å². The zero-order valence-corrected chi connectivity index (χ0v) is 17.8. The Labute approximate surface area is 180 Å². The van der Waals surface area contributed by atoms with Gasteiger partial charge in [0.05, 0.1) is 12.8 Å². The maximum Gasteiger partial charge on any atom is 0.344 e. The molecule has 0 atom stereocenters. The molecule has 3 rings (SSSR count). The molecule has 0 spiro atoms. The summed E-state index contributed by atoms with van der Waals surface area (Å²) in [6.45, 7) is 4.12. The molecular formula is C24H25N3O4. The van der Waals surface area contributed by atoms with E-state index in [2.05, 4.69) is 10.4 Å². The van der Waals surface area contributed by atoms with E-state index in [1.54, 1.807) is 12.1 Å². The fourth-order valence-corrected chi connectivity index (χ4v) is 3.16. The van der Waals surface area contributed by atoms with Crippen molar-refractivity contribution in [2.24, 2.45) is 5.92 Å². The molecule has 1 N–H and O–H groups in total. The summed E-state index contributed by atoms with van der Waals surface area (Å²) in [5.41, 5.74) is 1.33. The normalized spacial score (nSPS) is 10.7. The van der Waals surface area contributed by atoms with E-state index >= 15 is 0 Å². The van der Waals surface area contributed by atoms with Gasteiger partial charge in [-0.2, -0.15) is 5.10 Å². The Morgan fingerprint density at radius 1 is 1.00 bits per heavy atom. The number of rotatable bonds is 7. The van der Waals surface area contributed by atoms with E-state index in [0.717, 1.165) is 4.68 Å². The van der Waals surface area contributed by atoms with Crippen molar-refractivity contribution in [1.82, 2.24) is 15.1 Å². The zero-order valence-electron chi connectivity index (χ0n) is 17.8. The second-order valence-electron chi connectivity index (χ2n) is 7.48. The van der Waals surface area contributed by atoms with Crippen LogP contribution in [-0.4, -0.2) is 35.3 Å². The first kappa shape index (κ1) is 22.0. The molecule has 0 saturated heterocycles. The van der Waals surface area contributed by atoms with E-state index < -0.39 is 11.5 Å². The van der Waals surface area contributed by atoms with E-state index in [1.165, 1.54) is 7.11 Å². The lowest BCUT2D eigenvalue weighted by atomic mass is 9.95. The Morgan fingerprint density at radius 2 is 1.58 bits per heavy atom. The van der Waals surface area contributed by atoms with Gasteiger partial charge < -0.3 is 10.1 Å². The van der Waals surface area contributed by atoms with Crippen molar-refractivity contribution in [1.29, 1.82) is 0 Å². The molecule has 3 aromatic rings. The maximum absolute atomic E-state index is 13.2. The molecule has 31 heavy (non-hydrogen) atoms. The first-order valence-corrected chi connectivity index (χ1v) is 10.0. The van der Waals surface area contributed by atoms with Crippen LogP contribution in [-0.2, 0) is 16.1 Å². The molecule has 0 unspecified atom stereocenters. The molecule has 1 aromatic heterocycles. The summed E-state index contributed by atoms with van der Waals surface area (Å²) in [6, 6.07) is 18.3. The number of hydrogen-bond donors (Lipinski definition) is 1. The summed E-state index contributed by atoms with van der Waals surface area (Å²) < 4.78 is 5.95. The minimum absolute atomic E-state index is 0.154. The van der Waals surface area contributed by atoms with Gasteiger partial charge in [0.15, 0.2) is 0 Å². The lowest BCUT2D eigenvalue weighted by Crippen LogP contribution is -2.38. The average Bonchev–Trinajstić information content (AvgIpc) is 2.79. The predicted molar refractivity (Wildman–Crippen MR) is 119 cm³/mol. The number of hydrogen-bond acceptors (Lipinski definition) is 5. The number of ether oxygens (including phenoxy) is 1. The summed E-state index contributed by atoms with van der Waals surface area (Å²) in [7, 11) is 1.22. The molecule has 0 saturated carbocycles. The summed E-state index contributed by atoms with van der Waals surface area (Å²) in [4.78, 5) is 38.3. The number of esters is 1. The molecule has 0 aliphatic carbocycles. The van der Waals surface area contributed by atoms with E-state index in [-0.39, 0.29) is 23.9 Å². The van der Waals surface area contributed by atoms with Crippen molar-refractivity contribution in [3.63, 3.8) is 0 Å². The van der Waals surface area contributed by atoms with Gasteiger partial charge in [-0.05, 0) is 11.5 Å². The molecule has 1 amide bonds. The third kappa shape index (κ3) is 5.06. The number of aromatic nitrogens is 2. The van der Waals surface area contributed by atoms with Gasteiger partial charge in [-0.1, -0.05) is 74.5 Å². The molecule has 0 bridgehead atoms. The van der Waals surface area contributed by atoms with E-state index in [4.69, 9.17) is 4.74 Å². The topological polar surface area (TPSA) is 90.3 Å². The predicted octanol–water partition coefficient (Wildman–Crippen LogP) is 3.14. The zero-order chi connectivity index (χ0) is 22.4. The van der Waals surface area contributed by atoms with Crippen molar-refractivity contribution >= 4 is 11.9 Å². The highest BCUT2D eigenvalue weighted by atomic mass is 16.5. The molecule has 0 fully saturated rings. The Hall–Kier alpha value is -3.74. The minimum Gasteiger partial charge on any atom is -0.465 e. The fraction of sp³-hybridized carbons (Fsp3) is 0.250. The van der Waals surface area contributed by atoms with Crippen LogP contribution in [0.1, 0.15) is 24.2 Å². The van der Waals surface area contributed by atoms with E-state index in [1.807, 2.05) is 62.4 Å². The first-order valence-electron chi connectivity index (χ1n) is 10.0. The highest BCUT2D eigenvalue weighted by Crippen LogP contribution is 2.32. The quantitative estimate of drug-likeness (QED) is 0.594. The van der Waals surface area contributed by atoms with Crippen LogP contribution in [0.25, 0.3) is 22.4 Å². The van der Waals surface area contributed by atoms with Gasteiger partial charge in [0.2, 0.25) is 5.91 Å². The Kier molecular flexibility index (Phi) is 6.97. The third-order valence-corrected chi connectivity index (χ3v) is 4.66. The van der Waals surface area contributed by atoms with Crippen LogP contribution in [0.4, 0.5) is 0 Å². The molecule has 2 aromatic carbocycles. The summed E-state index contributed by atoms with van der Waals surface area (Å²) in [5.74, 6) is -0.870. The number of carbonyl (C=O) groups excluding carboxylic acids is 2. The number of nitrogens with one attached hydrogen (secondary N) is 1. The summed E-state index contributed by atoms with van der Waals surface area (Å²) in [6.07, 6.45) is 0. The summed E-state index contributed by atoms with van der Waals surface area (Å²) >= 11 is 0. The minimum atomic E-state index is -0.778. The second kappa shape index (κ2) is 9.84. The number of amides is 1. The van der Waals surface area contributed by atoms with Gasteiger partial charge in [0.1, 0.15) is 12.1 Å². The maximum atomic E-state index is 13.2. The second-order valence-corrected chi connectivity index (χ2v) is 7.48. The van der Waals surface area contributed by atoms with Gasteiger partial charge in [0, 0.05) is 17.7 Å². The highest BCUT2D eigenvalue weighted by molar-refractivity contribution is 6.00. The van der Waals surface area contributed by atoms with Crippen LogP contribution in [0.15, 0.2) is 65.5 Å². The van der Waals surface area contributed by atoms with Crippen LogP contribution in [0.2, 0.25) is 0 Å². The van der Waals surface area contributed by atoms with E-state index in [0.29, 0.717) is 28.9 Å². The number of benzene rings is 2. The number of carbonyl (C=O) groups is 2. The largest absolute Gasteiger partial charge is 0.465 e. The smallest absolute Gasteiger partial charge is 0.344 e. The van der Waals surface area contributed by atoms with Gasteiger partial charge in [-0.25, -0.2) is 9.48 Å². The molecule has 7 heteroatoms. The van der Waals surface area contributed by atoms with Crippen LogP contribution in [0.5, 0.6) is 0 Å². The lowest BCUT2D eigenvalue weighted by molar-refractivity contribution is -0.122. The molecule has 7 nitrogen and oxygen atoms in total. The van der Waals surface area contributed by atoms with Crippen molar-refractivity contribution < 1.29 is 14.3 Å². The molecule has 0 aliphatic heterocycles. The number of methoxy groups -OCH3 is 1. The van der Waals surface area contributed by atoms with Crippen LogP contribution >= 0.6 is 0 Å². The van der Waals surface area contributed by atoms with E-state index in [9.17, 15) is 14.4 Å². The van der Waals surface area contributed by atoms with Gasteiger partial charge in [-0.15, -0.1) is 0 Å². The first-order chi connectivity index (χ1) is 14.9. The van der Waals surface area contributed by atoms with Gasteiger partial charge in [0.25, 0.3) is 5.56 Å². The monoisotopic (exact) mass is 419 g/mol. The molecule has 0 radical (unpaired) electrons. The molecule has 0 aliphatic rings. The molecule has 1 heterocycles. The van der Waals surface area contributed by atoms with Crippen molar-refractivity contribution in [3.8, 4) is 22.4 Å². The van der Waals surface area contributed by atoms with Crippen LogP contribution < -0.4 is 10.9 Å². The molecule has 160 valence electrons. The summed E-state index contributed by atoms with van der Waals surface area (Å²) in [5, 5.41) is 7.27. The highest BCUT2D eigenvalue weighted by Gasteiger charge is 2.26. The van der Waals surface area contributed by atoms with Crippen LogP contribution in [0, 0.1) is 5.92 Å².